The van der Waals surface area contributed by atoms with Gasteiger partial charge in [0.15, 0.2) is 0 Å². The number of aromatic nitrogens is 1. The molecule has 0 aliphatic carbocycles. The third-order valence-corrected chi connectivity index (χ3v) is 6.71. The zero-order chi connectivity index (χ0) is 25.8. The van der Waals surface area contributed by atoms with Crippen molar-refractivity contribution in [3.8, 4) is 0 Å². The number of anilines is 3. The Labute approximate surface area is 216 Å². The zero-order valence-electron chi connectivity index (χ0n) is 20.7. The zero-order valence-corrected chi connectivity index (χ0v) is 20.7. The van der Waals surface area contributed by atoms with Crippen molar-refractivity contribution >= 4 is 39.6 Å². The van der Waals surface area contributed by atoms with E-state index >= 15 is 0 Å². The van der Waals surface area contributed by atoms with Crippen molar-refractivity contribution in [2.24, 2.45) is 0 Å². The molecule has 2 heterocycles. The Hall–Kier alpha value is -4.27. The molecule has 1 aromatic heterocycles. The maximum Gasteiger partial charge on any atom is 0.257 e. The van der Waals surface area contributed by atoms with Crippen molar-refractivity contribution in [2.75, 3.05) is 49.6 Å². The molecule has 5 rings (SSSR count). The number of para-hydroxylation sites is 2. The number of nitrogens with one attached hydrogen (secondary N) is 2. The molecule has 1 aliphatic rings. The van der Waals surface area contributed by atoms with Crippen LogP contribution in [0.5, 0.6) is 0 Å². The van der Waals surface area contributed by atoms with Crippen LogP contribution in [0.15, 0.2) is 85.1 Å². The molecule has 2 amide bonds. The second-order valence-electron chi connectivity index (χ2n) is 9.31. The van der Waals surface area contributed by atoms with E-state index in [9.17, 15) is 9.59 Å². The van der Waals surface area contributed by atoms with Crippen LogP contribution in [0.1, 0.15) is 22.1 Å². The molecule has 0 saturated carbocycles. The molecule has 0 bridgehead atoms. The Bertz CT molecular complexity index is 1410. The lowest BCUT2D eigenvalue weighted by molar-refractivity contribution is -0.122. The number of piperazine rings is 1. The summed E-state index contributed by atoms with van der Waals surface area (Å²) in [6.07, 6.45) is 1.51. The van der Waals surface area contributed by atoms with Crippen LogP contribution in [0.2, 0.25) is 0 Å². The topological polar surface area (TPSA) is 104 Å². The number of pyridine rings is 1. The van der Waals surface area contributed by atoms with Gasteiger partial charge in [-0.25, -0.2) is 0 Å². The Morgan fingerprint density at radius 3 is 2.32 bits per heavy atom. The Morgan fingerprint density at radius 1 is 0.865 bits per heavy atom. The molecule has 1 unspecified atom stereocenters. The number of hydrogen-bond donors (Lipinski definition) is 3. The number of benzene rings is 3. The van der Waals surface area contributed by atoms with Gasteiger partial charge in [-0.1, -0.05) is 42.5 Å². The van der Waals surface area contributed by atoms with Crippen molar-refractivity contribution < 1.29 is 9.59 Å². The second kappa shape index (κ2) is 10.8. The Balaban J connectivity index is 1.37. The number of nitrogen functional groups attached to an aromatic ring is 1. The molecule has 8 heteroatoms. The van der Waals surface area contributed by atoms with Crippen LogP contribution < -0.4 is 16.4 Å². The number of nitrogens with zero attached hydrogens (tertiary/aromatic N) is 3. The highest BCUT2D eigenvalue weighted by Gasteiger charge is 2.31. The number of fused-ring (bicyclic) bond motifs is 1. The van der Waals surface area contributed by atoms with Gasteiger partial charge in [-0.05, 0) is 54.2 Å². The molecule has 4 N–H and O–H groups in total. The molecule has 1 atom stereocenters. The minimum Gasteiger partial charge on any atom is -0.397 e. The third-order valence-electron chi connectivity index (χ3n) is 6.71. The third kappa shape index (κ3) is 5.61. The Morgan fingerprint density at radius 2 is 1.59 bits per heavy atom. The lowest BCUT2D eigenvalue weighted by atomic mass is 10.1. The van der Waals surface area contributed by atoms with Crippen LogP contribution in [-0.2, 0) is 4.79 Å². The van der Waals surface area contributed by atoms with Gasteiger partial charge in [0.1, 0.15) is 6.04 Å². The van der Waals surface area contributed by atoms with Gasteiger partial charge in [0, 0.05) is 38.1 Å². The molecule has 1 fully saturated rings. The first-order chi connectivity index (χ1) is 18.0. The van der Waals surface area contributed by atoms with Gasteiger partial charge in [-0.3, -0.25) is 19.5 Å². The van der Waals surface area contributed by atoms with E-state index in [2.05, 4.69) is 32.5 Å². The van der Waals surface area contributed by atoms with Gasteiger partial charge in [0.2, 0.25) is 5.91 Å². The number of carbonyl (C=O) groups excluding carboxylic acids is 2. The monoisotopic (exact) mass is 494 g/mol. The number of nitrogens with two attached hydrogens (primary N) is 1. The summed E-state index contributed by atoms with van der Waals surface area (Å²) >= 11 is 0. The van der Waals surface area contributed by atoms with E-state index in [1.165, 1.54) is 6.20 Å². The van der Waals surface area contributed by atoms with Gasteiger partial charge in [0.25, 0.3) is 5.91 Å². The molecule has 1 aliphatic heterocycles. The van der Waals surface area contributed by atoms with Crippen molar-refractivity contribution in [1.29, 1.82) is 0 Å². The van der Waals surface area contributed by atoms with Gasteiger partial charge >= 0.3 is 0 Å². The largest absolute Gasteiger partial charge is 0.397 e. The van der Waals surface area contributed by atoms with Crippen LogP contribution in [0.4, 0.5) is 17.1 Å². The SMILES string of the molecule is CN1CCN(C(C(=O)Nc2ccc3ccccc3c2)c2ccc(C(=O)Nc3ccccc3N)cn2)CC1. The molecule has 37 heavy (non-hydrogen) atoms. The van der Waals surface area contributed by atoms with Crippen molar-refractivity contribution in [3.05, 3.63) is 96.3 Å². The van der Waals surface area contributed by atoms with Crippen molar-refractivity contribution in [3.63, 3.8) is 0 Å². The van der Waals surface area contributed by atoms with E-state index in [0.29, 0.717) is 22.6 Å². The van der Waals surface area contributed by atoms with Gasteiger partial charge in [0.05, 0.1) is 22.6 Å². The standard InChI is InChI=1S/C29H30N6O2/c1-34-14-16-35(17-15-34)27(29(37)32-23-12-10-20-6-2-3-7-21(20)18-23)26-13-11-22(19-31-26)28(36)33-25-9-5-4-8-24(25)30/h2-13,18-19,27H,14-17,30H2,1H3,(H,32,37)(H,33,36). The lowest BCUT2D eigenvalue weighted by Gasteiger charge is -2.36. The molecule has 0 spiro atoms. The summed E-state index contributed by atoms with van der Waals surface area (Å²) in [5.41, 5.74) is 8.70. The fourth-order valence-corrected chi connectivity index (χ4v) is 4.55. The average Bonchev–Trinajstić information content (AvgIpc) is 2.91. The first-order valence-electron chi connectivity index (χ1n) is 12.3. The van der Waals surface area contributed by atoms with Gasteiger partial charge in [-0.15, -0.1) is 0 Å². The average molecular weight is 495 g/mol. The quantitative estimate of drug-likeness (QED) is 0.350. The molecule has 4 aromatic rings. The molecule has 8 nitrogen and oxygen atoms in total. The minimum atomic E-state index is -0.581. The lowest BCUT2D eigenvalue weighted by Crippen LogP contribution is -2.49. The van der Waals surface area contributed by atoms with E-state index in [0.717, 1.165) is 42.6 Å². The molecule has 3 aromatic carbocycles. The first-order valence-corrected chi connectivity index (χ1v) is 12.3. The smallest absolute Gasteiger partial charge is 0.257 e. The summed E-state index contributed by atoms with van der Waals surface area (Å²) in [6, 6.07) is 23.9. The van der Waals surface area contributed by atoms with E-state index in [1.807, 2.05) is 54.6 Å². The van der Waals surface area contributed by atoms with Crippen LogP contribution in [0.25, 0.3) is 10.8 Å². The molecule has 0 radical (unpaired) electrons. The predicted octanol–water partition coefficient (Wildman–Crippen LogP) is 4.00. The van der Waals surface area contributed by atoms with E-state index in [-0.39, 0.29) is 11.8 Å². The summed E-state index contributed by atoms with van der Waals surface area (Å²) in [4.78, 5) is 35.3. The maximum atomic E-state index is 13.6. The Kier molecular flexibility index (Phi) is 7.11. The molecule has 188 valence electrons. The van der Waals surface area contributed by atoms with Crippen LogP contribution >= 0.6 is 0 Å². The molecular weight excluding hydrogens is 464 g/mol. The van der Waals surface area contributed by atoms with E-state index < -0.39 is 6.04 Å². The normalized spacial score (nSPS) is 15.3. The highest BCUT2D eigenvalue weighted by Crippen LogP contribution is 2.25. The molecular formula is C29H30N6O2. The highest BCUT2D eigenvalue weighted by molar-refractivity contribution is 6.05. The van der Waals surface area contributed by atoms with Crippen molar-refractivity contribution in [2.45, 2.75) is 6.04 Å². The summed E-state index contributed by atoms with van der Waals surface area (Å²) in [5, 5.41) is 8.08. The van der Waals surface area contributed by atoms with E-state index in [4.69, 9.17) is 5.73 Å². The van der Waals surface area contributed by atoms with E-state index in [1.54, 1.807) is 24.3 Å². The van der Waals surface area contributed by atoms with Crippen LogP contribution in [0, 0.1) is 0 Å². The number of amides is 2. The second-order valence-corrected chi connectivity index (χ2v) is 9.31. The molecule has 1 saturated heterocycles. The van der Waals surface area contributed by atoms with Crippen LogP contribution in [0.3, 0.4) is 0 Å². The summed E-state index contributed by atoms with van der Waals surface area (Å²) in [7, 11) is 2.08. The fourth-order valence-electron chi connectivity index (χ4n) is 4.55. The maximum absolute atomic E-state index is 13.6. The van der Waals surface area contributed by atoms with Crippen LogP contribution in [-0.4, -0.2) is 59.8 Å². The number of hydrogen-bond acceptors (Lipinski definition) is 6. The van der Waals surface area contributed by atoms with Gasteiger partial charge < -0.3 is 21.3 Å². The number of carbonyl (C=O) groups is 2. The predicted molar refractivity (Wildman–Crippen MR) is 147 cm³/mol. The summed E-state index contributed by atoms with van der Waals surface area (Å²) < 4.78 is 0. The minimum absolute atomic E-state index is 0.151. The number of rotatable bonds is 6. The van der Waals surface area contributed by atoms with Gasteiger partial charge in [-0.2, -0.15) is 0 Å². The first kappa shape index (κ1) is 24.4. The number of likely N-dealkylation sites (N-methyl/N-ethyl adjacent to an activating group) is 1. The van der Waals surface area contributed by atoms with Crippen molar-refractivity contribution in [1.82, 2.24) is 14.8 Å². The fraction of sp³-hybridized carbons (Fsp3) is 0.207. The summed E-state index contributed by atoms with van der Waals surface area (Å²) in [6.45, 7) is 3.20. The summed E-state index contributed by atoms with van der Waals surface area (Å²) in [5.74, 6) is -0.463. The highest BCUT2D eigenvalue weighted by atomic mass is 16.2.